The van der Waals surface area contributed by atoms with Gasteiger partial charge in [-0.05, 0) is 30.3 Å². The lowest BCUT2D eigenvalue weighted by atomic mass is 10.3. The Balaban J connectivity index is 1.78. The standard InChI is InChI=1S/C18H14N2O7/c1-25-12-5-7-15(14(10-12)20(23)24)27-18(22)16-8-6-13(26-16)11-19-9-3-2-4-17(19)21/h2-10H,11H2,1H3. The first kappa shape index (κ1) is 17.9. The van der Waals surface area contributed by atoms with Gasteiger partial charge in [0.25, 0.3) is 5.56 Å². The molecule has 0 unspecified atom stereocenters. The fraction of sp³-hybridized carbons (Fsp3) is 0.111. The molecule has 1 aromatic carbocycles. The van der Waals surface area contributed by atoms with E-state index in [2.05, 4.69) is 0 Å². The Morgan fingerprint density at radius 3 is 2.74 bits per heavy atom. The van der Waals surface area contributed by atoms with Crippen LogP contribution in [-0.4, -0.2) is 22.6 Å². The van der Waals surface area contributed by atoms with Gasteiger partial charge in [-0.1, -0.05) is 6.07 Å². The number of carbonyl (C=O) groups is 1. The van der Waals surface area contributed by atoms with Gasteiger partial charge in [0.1, 0.15) is 11.5 Å². The summed E-state index contributed by atoms with van der Waals surface area (Å²) in [5.74, 6) is -0.647. The molecule has 9 heteroatoms. The Labute approximate surface area is 152 Å². The zero-order chi connectivity index (χ0) is 19.4. The van der Waals surface area contributed by atoms with Gasteiger partial charge >= 0.3 is 11.7 Å². The largest absolute Gasteiger partial charge is 0.496 e. The van der Waals surface area contributed by atoms with Crippen molar-refractivity contribution in [1.29, 1.82) is 0 Å². The minimum Gasteiger partial charge on any atom is -0.496 e. The highest BCUT2D eigenvalue weighted by Crippen LogP contribution is 2.31. The summed E-state index contributed by atoms with van der Waals surface area (Å²) >= 11 is 0. The second-order valence-corrected chi connectivity index (χ2v) is 5.41. The number of hydrogen-bond donors (Lipinski definition) is 0. The number of nitro benzene ring substituents is 1. The number of hydrogen-bond acceptors (Lipinski definition) is 7. The molecule has 0 spiro atoms. The summed E-state index contributed by atoms with van der Waals surface area (Å²) in [5.41, 5.74) is -0.628. The van der Waals surface area contributed by atoms with Gasteiger partial charge in [0.05, 0.1) is 24.6 Å². The first-order chi connectivity index (χ1) is 13.0. The number of pyridine rings is 1. The van der Waals surface area contributed by atoms with Gasteiger partial charge in [0.15, 0.2) is 0 Å². The van der Waals surface area contributed by atoms with Crippen molar-refractivity contribution < 1.29 is 23.6 Å². The number of ether oxygens (including phenoxy) is 2. The first-order valence-corrected chi connectivity index (χ1v) is 7.76. The molecule has 2 heterocycles. The normalized spacial score (nSPS) is 10.4. The fourth-order valence-corrected chi connectivity index (χ4v) is 2.34. The molecule has 0 aliphatic rings. The second-order valence-electron chi connectivity index (χ2n) is 5.41. The first-order valence-electron chi connectivity index (χ1n) is 7.76. The maximum atomic E-state index is 12.2. The fourth-order valence-electron chi connectivity index (χ4n) is 2.34. The number of aromatic nitrogens is 1. The molecule has 3 rings (SSSR count). The van der Waals surface area contributed by atoms with Gasteiger partial charge in [0.2, 0.25) is 11.5 Å². The molecule has 3 aromatic rings. The highest BCUT2D eigenvalue weighted by atomic mass is 16.6. The summed E-state index contributed by atoms with van der Waals surface area (Å²) in [6.07, 6.45) is 1.59. The smallest absolute Gasteiger partial charge is 0.379 e. The Kier molecular flexibility index (Phi) is 5.02. The van der Waals surface area contributed by atoms with Crippen LogP contribution in [0.2, 0.25) is 0 Å². The van der Waals surface area contributed by atoms with E-state index in [-0.39, 0.29) is 29.4 Å². The molecule has 0 radical (unpaired) electrons. The monoisotopic (exact) mass is 370 g/mol. The van der Waals surface area contributed by atoms with Crippen LogP contribution in [0, 0.1) is 10.1 Å². The van der Waals surface area contributed by atoms with E-state index in [1.165, 1.54) is 42.0 Å². The summed E-state index contributed by atoms with van der Waals surface area (Å²) in [6.45, 7) is 0.135. The van der Waals surface area contributed by atoms with Crippen LogP contribution in [0.5, 0.6) is 11.5 Å². The summed E-state index contributed by atoms with van der Waals surface area (Å²) in [6, 6.07) is 11.5. The molecule has 27 heavy (non-hydrogen) atoms. The third-order valence-electron chi connectivity index (χ3n) is 3.65. The number of nitrogens with zero attached hydrogens (tertiary/aromatic N) is 2. The van der Waals surface area contributed by atoms with Crippen LogP contribution in [0.15, 0.2) is 63.9 Å². The van der Waals surface area contributed by atoms with Crippen molar-refractivity contribution in [2.75, 3.05) is 7.11 Å². The lowest BCUT2D eigenvalue weighted by molar-refractivity contribution is -0.385. The number of esters is 1. The molecular formula is C18H14N2O7. The number of methoxy groups -OCH3 is 1. The third-order valence-corrected chi connectivity index (χ3v) is 3.65. The van der Waals surface area contributed by atoms with Crippen LogP contribution in [0.4, 0.5) is 5.69 Å². The number of benzene rings is 1. The van der Waals surface area contributed by atoms with Gasteiger partial charge in [-0.2, -0.15) is 0 Å². The van der Waals surface area contributed by atoms with Gasteiger partial charge < -0.3 is 18.5 Å². The van der Waals surface area contributed by atoms with E-state index < -0.39 is 16.6 Å². The Morgan fingerprint density at radius 2 is 2.04 bits per heavy atom. The highest BCUT2D eigenvalue weighted by Gasteiger charge is 2.22. The van der Waals surface area contributed by atoms with Crippen molar-refractivity contribution in [3.63, 3.8) is 0 Å². The van der Waals surface area contributed by atoms with Crippen LogP contribution < -0.4 is 15.0 Å². The van der Waals surface area contributed by atoms with Crippen molar-refractivity contribution >= 4 is 11.7 Å². The maximum Gasteiger partial charge on any atom is 0.379 e. The molecular weight excluding hydrogens is 356 g/mol. The van der Waals surface area contributed by atoms with E-state index >= 15 is 0 Å². The Bertz CT molecular complexity index is 1050. The van der Waals surface area contributed by atoms with Crippen LogP contribution in [0.3, 0.4) is 0 Å². The molecule has 9 nitrogen and oxygen atoms in total. The van der Waals surface area contributed by atoms with Crippen LogP contribution in [0.25, 0.3) is 0 Å². The molecule has 0 aliphatic heterocycles. The van der Waals surface area contributed by atoms with Crippen molar-refractivity contribution in [2.24, 2.45) is 0 Å². The third kappa shape index (κ3) is 4.03. The van der Waals surface area contributed by atoms with Crippen molar-refractivity contribution in [3.05, 3.63) is 86.7 Å². The molecule has 2 aromatic heterocycles. The van der Waals surface area contributed by atoms with Crippen LogP contribution in [-0.2, 0) is 6.54 Å². The number of carbonyl (C=O) groups excluding carboxylic acids is 1. The molecule has 0 N–H and O–H groups in total. The summed E-state index contributed by atoms with van der Waals surface area (Å²) in [5, 5.41) is 11.2. The quantitative estimate of drug-likeness (QED) is 0.283. The molecule has 0 saturated heterocycles. The maximum absolute atomic E-state index is 12.2. The van der Waals surface area contributed by atoms with Gasteiger partial charge in [-0.3, -0.25) is 14.9 Å². The molecule has 138 valence electrons. The zero-order valence-corrected chi connectivity index (χ0v) is 14.2. The minimum atomic E-state index is -0.894. The predicted molar refractivity (Wildman–Crippen MR) is 93.1 cm³/mol. The lowest BCUT2D eigenvalue weighted by Gasteiger charge is -2.05. The van der Waals surface area contributed by atoms with E-state index in [0.717, 1.165) is 6.07 Å². The average molecular weight is 370 g/mol. The minimum absolute atomic E-state index is 0.135. The zero-order valence-electron chi connectivity index (χ0n) is 14.2. The number of furan rings is 1. The average Bonchev–Trinajstić information content (AvgIpc) is 3.12. The van der Waals surface area contributed by atoms with E-state index in [0.29, 0.717) is 5.76 Å². The molecule has 0 amide bonds. The molecule has 0 fully saturated rings. The van der Waals surface area contributed by atoms with E-state index in [1.54, 1.807) is 18.3 Å². The molecule has 0 aliphatic carbocycles. The topological polar surface area (TPSA) is 114 Å². The second kappa shape index (κ2) is 7.56. The summed E-state index contributed by atoms with van der Waals surface area (Å²) < 4.78 is 16.8. The van der Waals surface area contributed by atoms with Crippen LogP contribution >= 0.6 is 0 Å². The Morgan fingerprint density at radius 1 is 1.22 bits per heavy atom. The van der Waals surface area contributed by atoms with Crippen LogP contribution in [0.1, 0.15) is 16.3 Å². The van der Waals surface area contributed by atoms with Gasteiger partial charge in [0, 0.05) is 12.3 Å². The van der Waals surface area contributed by atoms with Crippen molar-refractivity contribution in [2.45, 2.75) is 6.54 Å². The number of rotatable bonds is 6. The summed E-state index contributed by atoms with van der Waals surface area (Å²) in [7, 11) is 1.37. The molecule has 0 saturated carbocycles. The van der Waals surface area contributed by atoms with E-state index in [9.17, 15) is 19.7 Å². The number of nitro groups is 1. The molecule has 0 bridgehead atoms. The van der Waals surface area contributed by atoms with Crippen molar-refractivity contribution in [3.8, 4) is 11.5 Å². The SMILES string of the molecule is COc1ccc(OC(=O)c2ccc(Cn3ccccc3=O)o2)c([N+](=O)[O-])c1. The Hall–Kier alpha value is -3.88. The summed E-state index contributed by atoms with van der Waals surface area (Å²) in [4.78, 5) is 34.4. The lowest BCUT2D eigenvalue weighted by Crippen LogP contribution is -2.17. The highest BCUT2D eigenvalue weighted by molar-refractivity contribution is 5.88. The van der Waals surface area contributed by atoms with Gasteiger partial charge in [-0.25, -0.2) is 4.79 Å². The van der Waals surface area contributed by atoms with E-state index in [1.807, 2.05) is 0 Å². The molecule has 0 atom stereocenters. The predicted octanol–water partition coefficient (Wildman–Crippen LogP) is 2.63. The van der Waals surface area contributed by atoms with E-state index in [4.69, 9.17) is 13.9 Å². The van der Waals surface area contributed by atoms with Gasteiger partial charge in [-0.15, -0.1) is 0 Å². The van der Waals surface area contributed by atoms with Crippen molar-refractivity contribution in [1.82, 2.24) is 4.57 Å².